The molecule has 1 fully saturated rings. The number of hydrogen-bond donors (Lipinski definition) is 1. The van der Waals surface area contributed by atoms with Gasteiger partial charge in [0.1, 0.15) is 17.9 Å². The quantitative estimate of drug-likeness (QED) is 0.213. The number of urea groups is 1. The van der Waals surface area contributed by atoms with Crippen LogP contribution in [0.5, 0.6) is 5.75 Å². The van der Waals surface area contributed by atoms with Gasteiger partial charge in [0.15, 0.2) is 0 Å². The van der Waals surface area contributed by atoms with Crippen LogP contribution in [-0.4, -0.2) is 17.8 Å². The Labute approximate surface area is 229 Å². The van der Waals surface area contributed by atoms with Gasteiger partial charge in [0.2, 0.25) is 0 Å². The summed E-state index contributed by atoms with van der Waals surface area (Å²) in [7, 11) is 0. The van der Waals surface area contributed by atoms with Gasteiger partial charge in [-0.15, -0.1) is 0 Å². The fourth-order valence-corrected chi connectivity index (χ4v) is 5.02. The van der Waals surface area contributed by atoms with Crippen LogP contribution in [0.25, 0.3) is 16.8 Å². The van der Waals surface area contributed by atoms with Gasteiger partial charge in [-0.2, -0.15) is 0 Å². The Kier molecular flexibility index (Phi) is 6.87. The van der Waals surface area contributed by atoms with E-state index in [9.17, 15) is 14.4 Å². The van der Waals surface area contributed by atoms with Crippen molar-refractivity contribution in [2.75, 3.05) is 4.90 Å². The predicted octanol–water partition coefficient (Wildman–Crippen LogP) is 6.77. The van der Waals surface area contributed by atoms with Crippen LogP contribution in [0, 0.1) is 20.8 Å². The molecule has 4 aromatic rings. The second kappa shape index (κ2) is 10.3. The first-order valence-electron chi connectivity index (χ1n) is 12.1. The predicted molar refractivity (Wildman–Crippen MR) is 152 cm³/mol. The largest absolute Gasteiger partial charge is 0.488 e. The minimum atomic E-state index is -0.764. The normalized spacial score (nSPS) is 14.8. The fraction of sp³-hybridized carbons (Fsp3) is 0.129. The molecule has 0 aliphatic carbocycles. The van der Waals surface area contributed by atoms with Gasteiger partial charge in [-0.05, 0) is 94.0 Å². The van der Waals surface area contributed by atoms with Gasteiger partial charge in [0.25, 0.3) is 11.8 Å². The Bertz CT molecular complexity index is 1660. The Balaban J connectivity index is 1.41. The summed E-state index contributed by atoms with van der Waals surface area (Å²) < 4.78 is 6.82. The molecule has 6 nitrogen and oxygen atoms in total. The lowest BCUT2D eigenvalue weighted by Gasteiger charge is -2.27. The number of rotatable bonds is 5. The number of anilines is 1. The van der Waals surface area contributed by atoms with Crippen molar-refractivity contribution in [1.29, 1.82) is 0 Å². The number of nitrogens with one attached hydrogen (secondary N) is 1. The van der Waals surface area contributed by atoms with Crippen LogP contribution in [0.2, 0.25) is 0 Å². The summed E-state index contributed by atoms with van der Waals surface area (Å²) in [4.78, 5) is 39.5. The summed E-state index contributed by atoms with van der Waals surface area (Å²) in [6.07, 6.45) is 1.48. The van der Waals surface area contributed by atoms with E-state index in [0.717, 1.165) is 37.9 Å². The Hall–Kier alpha value is -4.23. The van der Waals surface area contributed by atoms with Gasteiger partial charge < -0.3 is 4.74 Å². The molecular weight excluding hydrogens is 544 g/mol. The summed E-state index contributed by atoms with van der Waals surface area (Å²) in [5, 5.41) is 4.58. The zero-order valence-corrected chi connectivity index (χ0v) is 22.8. The number of hydrogen-bond acceptors (Lipinski definition) is 4. The van der Waals surface area contributed by atoms with Crippen LogP contribution >= 0.6 is 15.9 Å². The second-order valence-electron chi connectivity index (χ2n) is 9.31. The molecule has 38 heavy (non-hydrogen) atoms. The van der Waals surface area contributed by atoms with Crippen LogP contribution in [0.1, 0.15) is 27.8 Å². The van der Waals surface area contributed by atoms with Gasteiger partial charge in [-0.1, -0.05) is 54.6 Å². The number of fused-ring (bicyclic) bond motifs is 1. The highest BCUT2D eigenvalue weighted by Crippen LogP contribution is 2.31. The first-order valence-corrected chi connectivity index (χ1v) is 12.9. The van der Waals surface area contributed by atoms with Crippen LogP contribution in [0.3, 0.4) is 0 Å². The minimum Gasteiger partial charge on any atom is -0.488 e. The lowest BCUT2D eigenvalue weighted by atomic mass is 10.0. The topological polar surface area (TPSA) is 75.7 Å². The molecule has 4 amide bonds. The lowest BCUT2D eigenvalue weighted by molar-refractivity contribution is -0.122. The zero-order chi connectivity index (χ0) is 27.0. The average Bonchev–Trinajstić information content (AvgIpc) is 2.89. The average molecular weight is 569 g/mol. The number of carbonyl (C=O) groups is 3. The minimum absolute atomic E-state index is 0.127. The molecule has 1 saturated heterocycles. The molecule has 0 unspecified atom stereocenters. The van der Waals surface area contributed by atoms with Gasteiger partial charge in [0, 0.05) is 5.56 Å². The Morgan fingerprint density at radius 2 is 1.66 bits per heavy atom. The monoisotopic (exact) mass is 568 g/mol. The van der Waals surface area contributed by atoms with E-state index in [2.05, 4.69) is 52.4 Å². The molecule has 0 saturated carbocycles. The van der Waals surface area contributed by atoms with Crippen molar-refractivity contribution in [3.63, 3.8) is 0 Å². The molecule has 7 heteroatoms. The van der Waals surface area contributed by atoms with E-state index in [1.165, 1.54) is 6.08 Å². The summed E-state index contributed by atoms with van der Waals surface area (Å²) in [5.41, 5.74) is 4.83. The van der Waals surface area contributed by atoms with Crippen molar-refractivity contribution in [2.24, 2.45) is 0 Å². The molecular formula is C31H25BrN2O4. The molecule has 0 spiro atoms. The van der Waals surface area contributed by atoms with Crippen LogP contribution < -0.4 is 15.0 Å². The van der Waals surface area contributed by atoms with Crippen molar-refractivity contribution in [3.8, 4) is 5.75 Å². The van der Waals surface area contributed by atoms with Crippen molar-refractivity contribution < 1.29 is 19.1 Å². The van der Waals surface area contributed by atoms with E-state index >= 15 is 0 Å². The fourth-order valence-electron chi connectivity index (χ4n) is 4.51. The van der Waals surface area contributed by atoms with Crippen LogP contribution in [0.4, 0.5) is 10.5 Å². The molecule has 4 aromatic carbocycles. The highest BCUT2D eigenvalue weighted by molar-refractivity contribution is 9.10. The smallest absolute Gasteiger partial charge is 0.335 e. The zero-order valence-electron chi connectivity index (χ0n) is 21.2. The Morgan fingerprint density at radius 3 is 2.45 bits per heavy atom. The number of nitrogens with zero attached hydrogens (tertiary/aromatic N) is 1. The van der Waals surface area contributed by atoms with Gasteiger partial charge in [-0.25, -0.2) is 9.69 Å². The third-order valence-electron chi connectivity index (χ3n) is 6.62. The van der Waals surface area contributed by atoms with E-state index in [4.69, 9.17) is 4.74 Å². The lowest BCUT2D eigenvalue weighted by Crippen LogP contribution is -2.54. The molecule has 5 rings (SSSR count). The maximum absolute atomic E-state index is 13.3. The van der Waals surface area contributed by atoms with E-state index in [1.807, 2.05) is 38.1 Å². The molecule has 0 aromatic heterocycles. The van der Waals surface area contributed by atoms with Crippen molar-refractivity contribution in [1.82, 2.24) is 5.32 Å². The summed E-state index contributed by atoms with van der Waals surface area (Å²) in [6.45, 7) is 6.14. The van der Waals surface area contributed by atoms with Crippen molar-refractivity contribution in [3.05, 3.63) is 111 Å². The number of imide groups is 2. The molecule has 1 N–H and O–H groups in total. The molecule has 0 bridgehead atoms. The van der Waals surface area contributed by atoms with Crippen LogP contribution in [-0.2, 0) is 16.2 Å². The van der Waals surface area contributed by atoms with Gasteiger partial charge in [-0.3, -0.25) is 14.9 Å². The summed E-state index contributed by atoms with van der Waals surface area (Å²) >= 11 is 3.56. The van der Waals surface area contributed by atoms with Crippen molar-refractivity contribution >= 4 is 56.3 Å². The maximum atomic E-state index is 13.3. The first kappa shape index (κ1) is 25.4. The van der Waals surface area contributed by atoms with Gasteiger partial charge >= 0.3 is 6.03 Å². The van der Waals surface area contributed by atoms with E-state index in [-0.39, 0.29) is 5.57 Å². The van der Waals surface area contributed by atoms with Crippen molar-refractivity contribution in [2.45, 2.75) is 27.4 Å². The molecule has 1 heterocycles. The molecule has 0 atom stereocenters. The molecule has 1 aliphatic rings. The Morgan fingerprint density at radius 1 is 0.895 bits per heavy atom. The van der Waals surface area contributed by atoms with E-state index < -0.39 is 17.8 Å². The number of carbonyl (C=O) groups excluding carboxylic acids is 3. The third-order valence-corrected chi connectivity index (χ3v) is 7.24. The highest BCUT2D eigenvalue weighted by atomic mass is 79.9. The standard InChI is InChI=1S/C31H25BrN2O4/c1-18-8-9-20(3)27(14-18)34-30(36)24(29(35)33-31(34)37)15-21-11-13-28(26(32)16-21)38-17-25-19(2)10-12-22-6-4-5-7-23(22)25/h4-16H,17H2,1-3H3,(H,33,35,37)/b24-15+. The molecule has 190 valence electrons. The third kappa shape index (κ3) is 4.85. The number of aryl methyl sites for hydroxylation is 3. The highest BCUT2D eigenvalue weighted by Gasteiger charge is 2.37. The first-order chi connectivity index (χ1) is 18.2. The number of barbiturate groups is 1. The summed E-state index contributed by atoms with van der Waals surface area (Å²) in [5.74, 6) is -0.772. The number of ether oxygens (including phenoxy) is 1. The number of amides is 4. The summed E-state index contributed by atoms with van der Waals surface area (Å²) in [6, 6.07) is 22.4. The maximum Gasteiger partial charge on any atom is 0.335 e. The SMILES string of the molecule is Cc1ccc(C)c(N2C(=O)NC(=O)/C(=C\c3ccc(OCc4c(C)ccc5ccccc45)c(Br)c3)C2=O)c1. The van der Waals surface area contributed by atoms with E-state index in [0.29, 0.717) is 28.1 Å². The van der Waals surface area contributed by atoms with E-state index in [1.54, 1.807) is 24.3 Å². The van der Waals surface area contributed by atoms with Gasteiger partial charge in [0.05, 0.1) is 10.2 Å². The number of benzene rings is 4. The molecule has 0 radical (unpaired) electrons. The number of halogens is 1. The molecule has 1 aliphatic heterocycles. The second-order valence-corrected chi connectivity index (χ2v) is 10.2. The van der Waals surface area contributed by atoms with Crippen LogP contribution in [0.15, 0.2) is 82.8 Å².